The summed E-state index contributed by atoms with van der Waals surface area (Å²) in [6, 6.07) is 7.48. The number of aliphatic hydroxyl groups excluding tert-OH is 1. The van der Waals surface area contributed by atoms with Crippen molar-refractivity contribution in [2.75, 3.05) is 20.2 Å². The second-order valence-electron chi connectivity index (χ2n) is 7.80. The predicted molar refractivity (Wildman–Crippen MR) is 102 cm³/mol. The summed E-state index contributed by atoms with van der Waals surface area (Å²) in [5.74, 6) is 1.00. The smallest absolute Gasteiger partial charge is 0.123 e. The SMILES string of the molecule is COc1ccc(C(C)NC2CCC(O)CC2)cc1CN1CCCCC1. The second-order valence-corrected chi connectivity index (χ2v) is 7.80. The highest BCUT2D eigenvalue weighted by atomic mass is 16.5. The fraction of sp³-hybridized carbons (Fsp3) is 0.714. The van der Waals surface area contributed by atoms with Crippen molar-refractivity contribution in [2.24, 2.45) is 0 Å². The van der Waals surface area contributed by atoms with Crippen LogP contribution < -0.4 is 10.1 Å². The summed E-state index contributed by atoms with van der Waals surface area (Å²) in [7, 11) is 1.77. The van der Waals surface area contributed by atoms with Crippen LogP contribution in [0, 0.1) is 0 Å². The van der Waals surface area contributed by atoms with E-state index >= 15 is 0 Å². The predicted octanol–water partition coefficient (Wildman–Crippen LogP) is 3.64. The number of piperidine rings is 1. The summed E-state index contributed by atoms with van der Waals surface area (Å²) in [5.41, 5.74) is 2.63. The Bertz CT molecular complexity index is 535. The molecule has 1 unspecified atom stereocenters. The molecule has 25 heavy (non-hydrogen) atoms. The normalized spacial score (nSPS) is 26.4. The number of ether oxygens (including phenoxy) is 1. The van der Waals surface area contributed by atoms with Crippen LogP contribution in [0.25, 0.3) is 0 Å². The van der Waals surface area contributed by atoms with E-state index in [1.807, 2.05) is 0 Å². The lowest BCUT2D eigenvalue weighted by Crippen LogP contribution is -2.36. The van der Waals surface area contributed by atoms with E-state index in [-0.39, 0.29) is 6.10 Å². The number of methoxy groups -OCH3 is 1. The minimum atomic E-state index is -0.0921. The first-order valence-corrected chi connectivity index (χ1v) is 9.99. The molecule has 4 heteroatoms. The lowest BCUT2D eigenvalue weighted by molar-refractivity contribution is 0.114. The zero-order chi connectivity index (χ0) is 17.6. The maximum Gasteiger partial charge on any atom is 0.123 e. The molecule has 0 aromatic heterocycles. The molecule has 1 aliphatic heterocycles. The highest BCUT2D eigenvalue weighted by Crippen LogP contribution is 2.27. The van der Waals surface area contributed by atoms with Crippen LogP contribution in [-0.4, -0.2) is 42.4 Å². The van der Waals surface area contributed by atoms with Crippen LogP contribution in [0.2, 0.25) is 0 Å². The van der Waals surface area contributed by atoms with Gasteiger partial charge >= 0.3 is 0 Å². The van der Waals surface area contributed by atoms with Gasteiger partial charge in [-0.1, -0.05) is 12.5 Å². The average molecular weight is 347 g/mol. The number of hydrogen-bond donors (Lipinski definition) is 2. The summed E-state index contributed by atoms with van der Waals surface area (Å²) >= 11 is 0. The average Bonchev–Trinajstić information content (AvgIpc) is 2.64. The molecule has 1 saturated carbocycles. The highest BCUT2D eigenvalue weighted by Gasteiger charge is 2.21. The lowest BCUT2D eigenvalue weighted by Gasteiger charge is -2.30. The molecule has 0 amide bonds. The fourth-order valence-corrected chi connectivity index (χ4v) is 4.24. The standard InChI is InChI=1S/C21H34N2O2/c1-16(22-19-7-9-20(24)10-8-19)17-6-11-21(25-2)18(14-17)15-23-12-4-3-5-13-23/h6,11,14,16,19-20,22,24H,3-5,7-10,12-13,15H2,1-2H3. The van der Waals surface area contributed by atoms with Crippen molar-refractivity contribution >= 4 is 0 Å². The van der Waals surface area contributed by atoms with Crippen molar-refractivity contribution < 1.29 is 9.84 Å². The van der Waals surface area contributed by atoms with Gasteiger partial charge in [0.1, 0.15) is 5.75 Å². The van der Waals surface area contributed by atoms with Crippen LogP contribution in [0.1, 0.15) is 69.0 Å². The van der Waals surface area contributed by atoms with Crippen LogP contribution in [0.4, 0.5) is 0 Å². The fourth-order valence-electron chi connectivity index (χ4n) is 4.24. The van der Waals surface area contributed by atoms with Crippen molar-refractivity contribution in [3.05, 3.63) is 29.3 Å². The van der Waals surface area contributed by atoms with Crippen LogP contribution in [-0.2, 0) is 6.54 Å². The third-order valence-corrected chi connectivity index (χ3v) is 5.83. The van der Waals surface area contributed by atoms with Crippen molar-refractivity contribution in [1.82, 2.24) is 10.2 Å². The van der Waals surface area contributed by atoms with E-state index in [9.17, 15) is 5.11 Å². The van der Waals surface area contributed by atoms with Gasteiger partial charge in [0.25, 0.3) is 0 Å². The van der Waals surface area contributed by atoms with Crippen molar-refractivity contribution in [3.63, 3.8) is 0 Å². The molecule has 1 saturated heterocycles. The summed E-state index contributed by atoms with van der Waals surface area (Å²) in [5, 5.41) is 13.4. The van der Waals surface area contributed by atoms with Gasteiger partial charge in [0.05, 0.1) is 13.2 Å². The van der Waals surface area contributed by atoms with E-state index in [1.165, 1.54) is 43.5 Å². The molecular formula is C21H34N2O2. The molecular weight excluding hydrogens is 312 g/mol. The van der Waals surface area contributed by atoms with E-state index in [0.29, 0.717) is 12.1 Å². The molecule has 2 aliphatic rings. The Kier molecular flexibility index (Phi) is 6.74. The van der Waals surface area contributed by atoms with E-state index < -0.39 is 0 Å². The van der Waals surface area contributed by atoms with Crippen LogP contribution in [0.3, 0.4) is 0 Å². The third-order valence-electron chi connectivity index (χ3n) is 5.83. The maximum atomic E-state index is 9.68. The Hall–Kier alpha value is -1.10. The Morgan fingerprint density at radius 1 is 1.16 bits per heavy atom. The zero-order valence-electron chi connectivity index (χ0n) is 15.8. The van der Waals surface area contributed by atoms with E-state index in [0.717, 1.165) is 38.0 Å². The molecule has 0 bridgehead atoms. The molecule has 0 spiro atoms. The number of benzene rings is 1. The minimum Gasteiger partial charge on any atom is -0.496 e. The molecule has 1 aromatic carbocycles. The van der Waals surface area contributed by atoms with Gasteiger partial charge < -0.3 is 15.2 Å². The molecule has 1 heterocycles. The third kappa shape index (κ3) is 5.19. The molecule has 1 aromatic rings. The second kappa shape index (κ2) is 9.02. The number of rotatable bonds is 6. The lowest BCUT2D eigenvalue weighted by atomic mass is 9.92. The van der Waals surface area contributed by atoms with Crippen molar-refractivity contribution in [3.8, 4) is 5.75 Å². The summed E-state index contributed by atoms with van der Waals surface area (Å²) in [4.78, 5) is 2.55. The van der Waals surface area contributed by atoms with Crippen LogP contribution >= 0.6 is 0 Å². The Morgan fingerprint density at radius 2 is 1.88 bits per heavy atom. The monoisotopic (exact) mass is 346 g/mol. The molecule has 1 atom stereocenters. The molecule has 2 N–H and O–H groups in total. The Labute approximate surface area is 152 Å². The Morgan fingerprint density at radius 3 is 2.56 bits per heavy atom. The maximum absolute atomic E-state index is 9.68. The van der Waals surface area contributed by atoms with Gasteiger partial charge in [0, 0.05) is 24.2 Å². The van der Waals surface area contributed by atoms with Crippen molar-refractivity contribution in [2.45, 2.75) is 76.6 Å². The zero-order valence-corrected chi connectivity index (χ0v) is 15.8. The largest absolute Gasteiger partial charge is 0.496 e. The van der Waals surface area contributed by atoms with Gasteiger partial charge in [-0.3, -0.25) is 4.90 Å². The number of nitrogens with zero attached hydrogens (tertiary/aromatic N) is 1. The summed E-state index contributed by atoms with van der Waals surface area (Å²) in [6.07, 6.45) is 7.89. The number of hydrogen-bond acceptors (Lipinski definition) is 4. The quantitative estimate of drug-likeness (QED) is 0.825. The van der Waals surface area contributed by atoms with Gasteiger partial charge in [-0.25, -0.2) is 0 Å². The molecule has 140 valence electrons. The molecule has 3 rings (SSSR count). The van der Waals surface area contributed by atoms with E-state index in [1.54, 1.807) is 7.11 Å². The number of nitrogens with one attached hydrogen (secondary N) is 1. The first kappa shape index (κ1) is 18.7. The molecule has 4 nitrogen and oxygen atoms in total. The molecule has 2 fully saturated rings. The first-order chi connectivity index (χ1) is 12.2. The van der Waals surface area contributed by atoms with Gasteiger partial charge in [0.15, 0.2) is 0 Å². The summed E-state index contributed by atoms with van der Waals surface area (Å²) < 4.78 is 5.61. The van der Waals surface area contributed by atoms with E-state index in [4.69, 9.17) is 4.74 Å². The van der Waals surface area contributed by atoms with Crippen LogP contribution in [0.15, 0.2) is 18.2 Å². The van der Waals surface area contributed by atoms with E-state index in [2.05, 4.69) is 35.3 Å². The molecule has 0 radical (unpaired) electrons. The van der Waals surface area contributed by atoms with Gasteiger partial charge in [-0.2, -0.15) is 0 Å². The number of aliphatic hydroxyl groups is 1. The first-order valence-electron chi connectivity index (χ1n) is 9.99. The van der Waals surface area contributed by atoms with Crippen LogP contribution in [0.5, 0.6) is 5.75 Å². The molecule has 1 aliphatic carbocycles. The highest BCUT2D eigenvalue weighted by molar-refractivity contribution is 5.38. The minimum absolute atomic E-state index is 0.0921. The summed E-state index contributed by atoms with van der Waals surface area (Å²) in [6.45, 7) is 5.63. The number of likely N-dealkylation sites (tertiary alicyclic amines) is 1. The Balaban J connectivity index is 1.65. The van der Waals surface area contributed by atoms with Gasteiger partial charge in [-0.15, -0.1) is 0 Å². The van der Waals surface area contributed by atoms with Gasteiger partial charge in [-0.05, 0) is 76.2 Å². The van der Waals surface area contributed by atoms with Gasteiger partial charge in [0.2, 0.25) is 0 Å². The topological polar surface area (TPSA) is 44.7 Å². The van der Waals surface area contributed by atoms with Crippen molar-refractivity contribution in [1.29, 1.82) is 0 Å².